The highest BCUT2D eigenvalue weighted by Crippen LogP contribution is 2.10. The fourth-order valence-electron chi connectivity index (χ4n) is 1.53. The number of nitrogens with zero attached hydrogens (tertiary/aromatic N) is 4. The van der Waals surface area contributed by atoms with Crippen LogP contribution in [0.1, 0.15) is 5.82 Å². The Morgan fingerprint density at radius 3 is 3.00 bits per heavy atom. The van der Waals surface area contributed by atoms with E-state index in [1.807, 2.05) is 30.8 Å². The van der Waals surface area contributed by atoms with Gasteiger partial charge in [-0.25, -0.2) is 4.98 Å². The number of nitrogens with one attached hydrogen (secondary N) is 2. The fourth-order valence-corrected chi connectivity index (χ4v) is 1.53. The summed E-state index contributed by atoms with van der Waals surface area (Å²) in [4.78, 5) is 4.15. The molecule has 2 N–H and O–H groups in total. The average molecular weight is 232 g/mol. The normalized spacial score (nSPS) is 10.2. The van der Waals surface area contributed by atoms with E-state index in [2.05, 4.69) is 25.8 Å². The standard InChI is InChI=1S/C11H16N6/c1-12-10-7-9(3-5-14-10)13-6-4-11-16-15-8-17(11)2/h3,5,7-8H,4,6H2,1-2H3,(H2,12,13,14). The van der Waals surface area contributed by atoms with Gasteiger partial charge in [-0.3, -0.25) is 0 Å². The molecule has 90 valence electrons. The lowest BCUT2D eigenvalue weighted by atomic mass is 10.3. The van der Waals surface area contributed by atoms with Crippen LogP contribution in [-0.2, 0) is 13.5 Å². The van der Waals surface area contributed by atoms with Crippen LogP contribution in [0, 0.1) is 0 Å². The van der Waals surface area contributed by atoms with E-state index in [4.69, 9.17) is 0 Å². The molecule has 0 atom stereocenters. The quantitative estimate of drug-likeness (QED) is 0.802. The van der Waals surface area contributed by atoms with Crippen LogP contribution in [0.3, 0.4) is 0 Å². The van der Waals surface area contributed by atoms with Crippen LogP contribution in [-0.4, -0.2) is 33.3 Å². The van der Waals surface area contributed by atoms with E-state index >= 15 is 0 Å². The minimum absolute atomic E-state index is 0.819. The molecule has 0 amide bonds. The van der Waals surface area contributed by atoms with E-state index in [-0.39, 0.29) is 0 Å². The summed E-state index contributed by atoms with van der Waals surface area (Å²) in [6.45, 7) is 0.819. The maximum atomic E-state index is 4.15. The highest BCUT2D eigenvalue weighted by molar-refractivity contribution is 5.51. The number of aryl methyl sites for hydroxylation is 1. The highest BCUT2D eigenvalue weighted by atomic mass is 15.2. The maximum Gasteiger partial charge on any atom is 0.134 e. The largest absolute Gasteiger partial charge is 0.384 e. The second kappa shape index (κ2) is 5.29. The van der Waals surface area contributed by atoms with Gasteiger partial charge in [0.15, 0.2) is 0 Å². The van der Waals surface area contributed by atoms with Crippen molar-refractivity contribution in [2.45, 2.75) is 6.42 Å². The second-order valence-electron chi connectivity index (χ2n) is 3.71. The van der Waals surface area contributed by atoms with E-state index in [1.165, 1.54) is 0 Å². The Labute approximate surface area is 100 Å². The number of pyridine rings is 1. The van der Waals surface area contributed by atoms with E-state index in [0.29, 0.717) is 0 Å². The Kier molecular flexibility index (Phi) is 3.54. The van der Waals surface area contributed by atoms with Gasteiger partial charge in [0.1, 0.15) is 18.0 Å². The van der Waals surface area contributed by atoms with Crippen molar-refractivity contribution in [3.05, 3.63) is 30.5 Å². The molecule has 2 rings (SSSR count). The van der Waals surface area contributed by atoms with Gasteiger partial charge in [-0.2, -0.15) is 0 Å². The minimum atomic E-state index is 0.819. The topological polar surface area (TPSA) is 67.7 Å². The molecule has 6 heteroatoms. The molecule has 0 bridgehead atoms. The van der Waals surface area contributed by atoms with Crippen LogP contribution in [0.15, 0.2) is 24.7 Å². The van der Waals surface area contributed by atoms with Gasteiger partial charge >= 0.3 is 0 Å². The molecule has 2 aromatic rings. The SMILES string of the molecule is CNc1cc(NCCc2nncn2C)ccn1. The van der Waals surface area contributed by atoms with Crippen molar-refractivity contribution < 1.29 is 0 Å². The zero-order chi connectivity index (χ0) is 12.1. The number of rotatable bonds is 5. The first-order valence-electron chi connectivity index (χ1n) is 5.50. The second-order valence-corrected chi connectivity index (χ2v) is 3.71. The predicted molar refractivity (Wildman–Crippen MR) is 67.0 cm³/mol. The molecule has 0 aliphatic rings. The van der Waals surface area contributed by atoms with Crippen LogP contribution in [0.5, 0.6) is 0 Å². The molecule has 0 saturated carbocycles. The van der Waals surface area contributed by atoms with Crippen LogP contribution < -0.4 is 10.6 Å². The lowest BCUT2D eigenvalue weighted by molar-refractivity contribution is 0.788. The van der Waals surface area contributed by atoms with Gasteiger partial charge in [0.2, 0.25) is 0 Å². The lowest BCUT2D eigenvalue weighted by Crippen LogP contribution is -2.08. The third-order valence-corrected chi connectivity index (χ3v) is 2.50. The van der Waals surface area contributed by atoms with Crippen molar-refractivity contribution in [1.82, 2.24) is 19.7 Å². The predicted octanol–water partition coefficient (Wildman–Crippen LogP) is 0.906. The summed E-state index contributed by atoms with van der Waals surface area (Å²) in [5.41, 5.74) is 1.05. The molecule has 0 aliphatic heterocycles. The van der Waals surface area contributed by atoms with Crippen LogP contribution in [0.4, 0.5) is 11.5 Å². The first-order chi connectivity index (χ1) is 8.29. The molecule has 0 radical (unpaired) electrons. The molecule has 0 aliphatic carbocycles. The molecular weight excluding hydrogens is 216 g/mol. The lowest BCUT2D eigenvalue weighted by Gasteiger charge is -2.07. The summed E-state index contributed by atoms with van der Waals surface area (Å²) in [7, 11) is 3.80. The Bertz CT molecular complexity index is 478. The molecular formula is C11H16N6. The zero-order valence-electron chi connectivity index (χ0n) is 10.0. The smallest absolute Gasteiger partial charge is 0.134 e. The van der Waals surface area contributed by atoms with Crippen molar-refractivity contribution >= 4 is 11.5 Å². The minimum Gasteiger partial charge on any atom is -0.384 e. The molecule has 2 aromatic heterocycles. The highest BCUT2D eigenvalue weighted by Gasteiger charge is 2.00. The number of aromatic nitrogens is 4. The fraction of sp³-hybridized carbons (Fsp3) is 0.364. The Balaban J connectivity index is 1.87. The maximum absolute atomic E-state index is 4.15. The van der Waals surface area contributed by atoms with Crippen molar-refractivity contribution in [3.8, 4) is 0 Å². The Morgan fingerprint density at radius 2 is 2.29 bits per heavy atom. The zero-order valence-corrected chi connectivity index (χ0v) is 10.0. The number of anilines is 2. The van der Waals surface area contributed by atoms with Gasteiger partial charge in [-0.1, -0.05) is 0 Å². The molecule has 0 aromatic carbocycles. The van der Waals surface area contributed by atoms with Crippen LogP contribution in [0.2, 0.25) is 0 Å². The average Bonchev–Trinajstić information content (AvgIpc) is 2.76. The Hall–Kier alpha value is -2.11. The molecule has 0 spiro atoms. The van der Waals surface area contributed by atoms with Gasteiger partial charge in [0, 0.05) is 45.0 Å². The third-order valence-electron chi connectivity index (χ3n) is 2.50. The van der Waals surface area contributed by atoms with E-state index in [9.17, 15) is 0 Å². The van der Waals surface area contributed by atoms with Gasteiger partial charge in [-0.05, 0) is 6.07 Å². The van der Waals surface area contributed by atoms with E-state index in [1.54, 1.807) is 12.5 Å². The third kappa shape index (κ3) is 2.93. The summed E-state index contributed by atoms with van der Waals surface area (Å²) in [5.74, 6) is 1.83. The van der Waals surface area contributed by atoms with Gasteiger partial charge in [0.25, 0.3) is 0 Å². The number of hydrogen-bond acceptors (Lipinski definition) is 5. The Morgan fingerprint density at radius 1 is 1.41 bits per heavy atom. The summed E-state index contributed by atoms with van der Waals surface area (Å²) < 4.78 is 1.92. The molecule has 0 saturated heterocycles. The van der Waals surface area contributed by atoms with E-state index < -0.39 is 0 Å². The first kappa shape index (κ1) is 11.4. The molecule has 2 heterocycles. The van der Waals surface area contributed by atoms with Crippen LogP contribution in [0.25, 0.3) is 0 Å². The van der Waals surface area contributed by atoms with E-state index in [0.717, 1.165) is 30.3 Å². The van der Waals surface area contributed by atoms with Gasteiger partial charge in [-0.15, -0.1) is 10.2 Å². The number of hydrogen-bond donors (Lipinski definition) is 2. The van der Waals surface area contributed by atoms with Crippen LogP contribution >= 0.6 is 0 Å². The molecule has 17 heavy (non-hydrogen) atoms. The molecule has 0 unspecified atom stereocenters. The summed E-state index contributed by atoms with van der Waals surface area (Å²) >= 11 is 0. The summed E-state index contributed by atoms with van der Waals surface area (Å²) in [6.07, 6.45) is 4.32. The monoisotopic (exact) mass is 232 g/mol. The van der Waals surface area contributed by atoms with Gasteiger partial charge < -0.3 is 15.2 Å². The van der Waals surface area contributed by atoms with Crippen molar-refractivity contribution in [1.29, 1.82) is 0 Å². The molecule has 6 nitrogen and oxygen atoms in total. The van der Waals surface area contributed by atoms with Crippen molar-refractivity contribution in [2.24, 2.45) is 7.05 Å². The first-order valence-corrected chi connectivity index (χ1v) is 5.50. The van der Waals surface area contributed by atoms with Crippen molar-refractivity contribution in [3.63, 3.8) is 0 Å². The van der Waals surface area contributed by atoms with Gasteiger partial charge in [0.05, 0.1) is 0 Å². The molecule has 0 fully saturated rings. The summed E-state index contributed by atoms with van der Waals surface area (Å²) in [6, 6.07) is 3.91. The van der Waals surface area contributed by atoms with Crippen molar-refractivity contribution in [2.75, 3.05) is 24.2 Å². The summed E-state index contributed by atoms with van der Waals surface area (Å²) in [5, 5.41) is 14.2.